The van der Waals surface area contributed by atoms with Crippen molar-refractivity contribution >= 4 is 5.91 Å². The van der Waals surface area contributed by atoms with Gasteiger partial charge in [-0.15, -0.1) is 0 Å². The highest BCUT2D eigenvalue weighted by Crippen LogP contribution is 2.33. The molecule has 110 valence electrons. The maximum absolute atomic E-state index is 11.7. The molecule has 2 aliphatic rings. The normalized spacial score (nSPS) is 25.8. The van der Waals surface area contributed by atoms with Crippen LogP contribution >= 0.6 is 0 Å². The maximum Gasteiger partial charge on any atom is 0.236 e. The van der Waals surface area contributed by atoms with Gasteiger partial charge in [-0.1, -0.05) is 19.3 Å². The molecule has 0 bridgehead atoms. The molecule has 5 nitrogen and oxygen atoms in total. The summed E-state index contributed by atoms with van der Waals surface area (Å²) in [4.78, 5) is 14.3. The van der Waals surface area contributed by atoms with Gasteiger partial charge in [0.05, 0.1) is 19.3 Å². The van der Waals surface area contributed by atoms with E-state index < -0.39 is 6.04 Å². The zero-order valence-electron chi connectivity index (χ0n) is 12.0. The van der Waals surface area contributed by atoms with Crippen molar-refractivity contribution in [1.82, 2.24) is 10.2 Å². The second-order valence-electron chi connectivity index (χ2n) is 5.89. The molecular formula is C14H27N3O2. The Morgan fingerprint density at radius 3 is 2.53 bits per heavy atom. The van der Waals surface area contributed by atoms with Crippen molar-refractivity contribution in [3.63, 3.8) is 0 Å². The average molecular weight is 269 g/mol. The monoisotopic (exact) mass is 269 g/mol. The number of morpholine rings is 1. The molecule has 0 aromatic carbocycles. The lowest BCUT2D eigenvalue weighted by molar-refractivity contribution is -0.123. The molecule has 2 fully saturated rings. The fraction of sp³-hybridized carbons (Fsp3) is 0.929. The number of hydrogen-bond acceptors (Lipinski definition) is 4. The number of nitrogens with zero attached hydrogens (tertiary/aromatic N) is 1. The molecule has 1 atom stereocenters. The topological polar surface area (TPSA) is 67.6 Å². The Morgan fingerprint density at radius 1 is 1.32 bits per heavy atom. The molecule has 0 unspecified atom stereocenters. The van der Waals surface area contributed by atoms with Gasteiger partial charge in [0.25, 0.3) is 0 Å². The second-order valence-corrected chi connectivity index (χ2v) is 5.89. The van der Waals surface area contributed by atoms with Gasteiger partial charge in [-0.3, -0.25) is 9.69 Å². The summed E-state index contributed by atoms with van der Waals surface area (Å²) in [7, 11) is 0. The number of nitrogens with one attached hydrogen (secondary N) is 1. The SMILES string of the molecule is C[C@@H](N)C(=O)NCC1(N2CCOCC2)CCCCC1. The first-order chi connectivity index (χ1) is 9.14. The van der Waals surface area contributed by atoms with E-state index in [2.05, 4.69) is 10.2 Å². The first kappa shape index (κ1) is 14.8. The molecule has 3 N–H and O–H groups in total. The molecule has 1 saturated carbocycles. The first-order valence-electron chi connectivity index (χ1n) is 7.50. The van der Waals surface area contributed by atoms with E-state index in [0.29, 0.717) is 0 Å². The van der Waals surface area contributed by atoms with E-state index in [4.69, 9.17) is 10.5 Å². The van der Waals surface area contributed by atoms with Crippen molar-refractivity contribution < 1.29 is 9.53 Å². The molecular weight excluding hydrogens is 242 g/mol. The third-order valence-corrected chi connectivity index (χ3v) is 4.47. The van der Waals surface area contributed by atoms with Crippen LogP contribution in [-0.4, -0.2) is 55.2 Å². The van der Waals surface area contributed by atoms with Gasteiger partial charge in [-0.05, 0) is 19.8 Å². The molecule has 1 aliphatic carbocycles. The highest BCUT2D eigenvalue weighted by atomic mass is 16.5. The van der Waals surface area contributed by atoms with Crippen LogP contribution < -0.4 is 11.1 Å². The smallest absolute Gasteiger partial charge is 0.236 e. The fourth-order valence-electron chi connectivity index (χ4n) is 3.27. The van der Waals surface area contributed by atoms with Crippen LogP contribution in [0.5, 0.6) is 0 Å². The van der Waals surface area contributed by atoms with Crippen molar-refractivity contribution in [2.75, 3.05) is 32.8 Å². The van der Waals surface area contributed by atoms with Crippen molar-refractivity contribution in [3.8, 4) is 0 Å². The Kier molecular flexibility index (Phi) is 5.19. The van der Waals surface area contributed by atoms with E-state index in [1.54, 1.807) is 6.92 Å². The Hall–Kier alpha value is -0.650. The molecule has 1 saturated heterocycles. The molecule has 1 aliphatic heterocycles. The van der Waals surface area contributed by atoms with Crippen LogP contribution in [-0.2, 0) is 9.53 Å². The molecule has 1 amide bonds. The lowest BCUT2D eigenvalue weighted by atomic mass is 9.79. The van der Waals surface area contributed by atoms with E-state index in [1.165, 1.54) is 32.1 Å². The highest BCUT2D eigenvalue weighted by Gasteiger charge is 2.38. The minimum absolute atomic E-state index is 0.0433. The summed E-state index contributed by atoms with van der Waals surface area (Å²) in [6.45, 7) is 6.04. The van der Waals surface area contributed by atoms with Crippen LogP contribution in [0.25, 0.3) is 0 Å². The Labute approximate surface area is 115 Å². The third-order valence-electron chi connectivity index (χ3n) is 4.47. The number of amides is 1. The van der Waals surface area contributed by atoms with Gasteiger partial charge in [0.15, 0.2) is 0 Å². The predicted molar refractivity (Wildman–Crippen MR) is 74.9 cm³/mol. The number of rotatable bonds is 4. The van der Waals surface area contributed by atoms with Gasteiger partial charge in [0, 0.05) is 25.2 Å². The van der Waals surface area contributed by atoms with E-state index in [-0.39, 0.29) is 11.4 Å². The second kappa shape index (κ2) is 6.68. The van der Waals surface area contributed by atoms with Gasteiger partial charge < -0.3 is 15.8 Å². The van der Waals surface area contributed by atoms with Gasteiger partial charge in [0.1, 0.15) is 0 Å². The minimum Gasteiger partial charge on any atom is -0.379 e. The van der Waals surface area contributed by atoms with Gasteiger partial charge in [0.2, 0.25) is 5.91 Å². The van der Waals surface area contributed by atoms with Gasteiger partial charge in [-0.25, -0.2) is 0 Å². The first-order valence-corrected chi connectivity index (χ1v) is 7.50. The summed E-state index contributed by atoms with van der Waals surface area (Å²) >= 11 is 0. The zero-order valence-corrected chi connectivity index (χ0v) is 12.0. The quantitative estimate of drug-likeness (QED) is 0.779. The van der Waals surface area contributed by atoms with E-state index in [1.807, 2.05) is 0 Å². The summed E-state index contributed by atoms with van der Waals surface area (Å²) in [6.07, 6.45) is 6.17. The summed E-state index contributed by atoms with van der Waals surface area (Å²) in [5, 5.41) is 3.04. The fourth-order valence-corrected chi connectivity index (χ4v) is 3.27. The van der Waals surface area contributed by atoms with Crippen LogP contribution in [0.3, 0.4) is 0 Å². The lowest BCUT2D eigenvalue weighted by Crippen LogP contribution is -2.60. The number of nitrogens with two attached hydrogens (primary N) is 1. The summed E-state index contributed by atoms with van der Waals surface area (Å²) in [5.74, 6) is -0.0433. The predicted octanol–water partition coefficient (Wildman–Crippen LogP) is 0.485. The van der Waals surface area contributed by atoms with Crippen molar-refractivity contribution in [2.24, 2.45) is 5.73 Å². The molecule has 0 radical (unpaired) electrons. The summed E-state index contributed by atoms with van der Waals surface area (Å²) in [6, 6.07) is -0.426. The van der Waals surface area contributed by atoms with Crippen molar-refractivity contribution in [1.29, 1.82) is 0 Å². The number of ether oxygens (including phenoxy) is 1. The molecule has 0 aromatic rings. The molecule has 0 spiro atoms. The molecule has 2 rings (SSSR count). The van der Waals surface area contributed by atoms with Crippen LogP contribution in [0.2, 0.25) is 0 Å². The summed E-state index contributed by atoms with van der Waals surface area (Å²) < 4.78 is 5.45. The molecule has 0 aromatic heterocycles. The Bertz CT molecular complexity index is 295. The van der Waals surface area contributed by atoms with Gasteiger partial charge in [-0.2, -0.15) is 0 Å². The molecule has 1 heterocycles. The zero-order chi connectivity index (χ0) is 13.7. The van der Waals surface area contributed by atoms with E-state index in [9.17, 15) is 4.79 Å². The number of carbonyl (C=O) groups excluding carboxylic acids is 1. The third kappa shape index (κ3) is 3.68. The van der Waals surface area contributed by atoms with Crippen molar-refractivity contribution in [3.05, 3.63) is 0 Å². The molecule has 5 heteroatoms. The van der Waals surface area contributed by atoms with E-state index >= 15 is 0 Å². The largest absolute Gasteiger partial charge is 0.379 e. The van der Waals surface area contributed by atoms with Crippen LogP contribution in [0.4, 0.5) is 0 Å². The minimum atomic E-state index is -0.426. The van der Waals surface area contributed by atoms with Crippen molar-refractivity contribution in [2.45, 2.75) is 50.6 Å². The van der Waals surface area contributed by atoms with Crippen LogP contribution in [0.15, 0.2) is 0 Å². The Balaban J connectivity index is 1.99. The lowest BCUT2D eigenvalue weighted by Gasteiger charge is -2.48. The van der Waals surface area contributed by atoms with E-state index in [0.717, 1.165) is 32.8 Å². The number of hydrogen-bond donors (Lipinski definition) is 2. The Morgan fingerprint density at radius 2 is 1.95 bits per heavy atom. The standard InChI is InChI=1S/C14H27N3O2/c1-12(15)13(18)16-11-14(5-3-2-4-6-14)17-7-9-19-10-8-17/h12H,2-11,15H2,1H3,(H,16,18)/t12-/m1/s1. The van der Waals surface area contributed by atoms with Crippen LogP contribution in [0, 0.1) is 0 Å². The van der Waals surface area contributed by atoms with Crippen LogP contribution in [0.1, 0.15) is 39.0 Å². The maximum atomic E-state index is 11.7. The molecule has 19 heavy (non-hydrogen) atoms. The average Bonchev–Trinajstić information content (AvgIpc) is 2.46. The summed E-state index contributed by atoms with van der Waals surface area (Å²) in [5.41, 5.74) is 5.76. The highest BCUT2D eigenvalue weighted by molar-refractivity contribution is 5.81. The number of carbonyl (C=O) groups is 1. The van der Waals surface area contributed by atoms with Gasteiger partial charge >= 0.3 is 0 Å².